The molecule has 0 aromatic carbocycles. The zero-order chi connectivity index (χ0) is 11.4. The molecule has 15 heavy (non-hydrogen) atoms. The van der Waals surface area contributed by atoms with E-state index >= 15 is 0 Å². The summed E-state index contributed by atoms with van der Waals surface area (Å²) in [6.45, 7) is 2.00. The van der Waals surface area contributed by atoms with Gasteiger partial charge in [0, 0.05) is 6.92 Å². The van der Waals surface area contributed by atoms with Crippen LogP contribution in [0, 0.1) is 0 Å². The van der Waals surface area contributed by atoms with Crippen LogP contribution >= 0.6 is 0 Å². The molecule has 2 N–H and O–H groups in total. The Morgan fingerprint density at radius 3 is 2.07 bits per heavy atom. The lowest BCUT2D eigenvalue weighted by Gasteiger charge is -2.28. The third-order valence-corrected chi connectivity index (χ3v) is 1.60. The highest BCUT2D eigenvalue weighted by Gasteiger charge is 2.21. The maximum atomic E-state index is 10.8. The van der Waals surface area contributed by atoms with Crippen LogP contribution in [-0.4, -0.2) is 55.2 Å². The molecular weight excluding hydrogens is 220 g/mol. The van der Waals surface area contributed by atoms with Crippen LogP contribution < -0.4 is 17.7 Å². The van der Waals surface area contributed by atoms with Crippen molar-refractivity contribution in [3.05, 3.63) is 0 Å². The molecule has 0 aromatic heterocycles. The number of carbonyl (C=O) groups excluding carboxylic acids is 1. The van der Waals surface area contributed by atoms with Gasteiger partial charge in [-0.15, -0.1) is 0 Å². The van der Waals surface area contributed by atoms with Crippen LogP contribution in [0.2, 0.25) is 0 Å². The highest BCUT2D eigenvalue weighted by atomic mass is 35.5. The third-order valence-electron chi connectivity index (χ3n) is 1.60. The maximum absolute atomic E-state index is 10.8. The third kappa shape index (κ3) is 11.1. The van der Waals surface area contributed by atoms with E-state index in [1.165, 1.54) is 6.92 Å². The highest BCUT2D eigenvalue weighted by Crippen LogP contribution is 1.99. The second-order valence-electron chi connectivity index (χ2n) is 4.47. The Morgan fingerprint density at radius 2 is 1.80 bits per heavy atom. The molecule has 90 valence electrons. The van der Waals surface area contributed by atoms with Crippen molar-refractivity contribution < 1.29 is 31.6 Å². The molecule has 1 unspecified atom stereocenters. The van der Waals surface area contributed by atoms with Crippen LogP contribution in [0.25, 0.3) is 0 Å². The van der Waals surface area contributed by atoms with Crippen molar-refractivity contribution in [2.24, 2.45) is 0 Å². The van der Waals surface area contributed by atoms with Gasteiger partial charge in [-0.3, -0.25) is 9.59 Å². The van der Waals surface area contributed by atoms with Crippen molar-refractivity contribution in [3.8, 4) is 0 Å². The fourth-order valence-corrected chi connectivity index (χ4v) is 1.32. The van der Waals surface area contributed by atoms with Crippen LogP contribution in [0.3, 0.4) is 0 Å². The molecule has 0 radical (unpaired) electrons. The number of nitrogens with one attached hydrogen (secondary N) is 1. The summed E-state index contributed by atoms with van der Waals surface area (Å²) in [6, 6.07) is -0.301. The molecule has 0 rings (SSSR count). The average molecular weight is 239 g/mol. The van der Waals surface area contributed by atoms with Gasteiger partial charge < -0.3 is 27.3 Å². The van der Waals surface area contributed by atoms with Crippen molar-refractivity contribution in [1.29, 1.82) is 0 Å². The summed E-state index contributed by atoms with van der Waals surface area (Å²) in [5.41, 5.74) is 0. The Kier molecular flexibility index (Phi) is 7.35. The van der Waals surface area contributed by atoms with E-state index in [4.69, 9.17) is 5.11 Å². The minimum Gasteiger partial charge on any atom is -1.00 e. The highest BCUT2D eigenvalue weighted by molar-refractivity contribution is 5.74. The van der Waals surface area contributed by atoms with Gasteiger partial charge in [-0.1, -0.05) is 0 Å². The van der Waals surface area contributed by atoms with Gasteiger partial charge in [0.25, 0.3) is 0 Å². The molecule has 5 nitrogen and oxygen atoms in total. The summed E-state index contributed by atoms with van der Waals surface area (Å²) in [6.07, 6.45) is -0.0326. The number of likely N-dealkylation sites (N-methyl/N-ethyl adjacent to an activating group) is 1. The number of hydrogen-bond donors (Lipinski definition) is 2. The normalized spacial score (nSPS) is 12.5. The van der Waals surface area contributed by atoms with Gasteiger partial charge in [0.2, 0.25) is 5.91 Å². The smallest absolute Gasteiger partial charge is 0.305 e. The summed E-state index contributed by atoms with van der Waals surface area (Å²) in [4.78, 5) is 21.3. The molecule has 1 atom stereocenters. The van der Waals surface area contributed by atoms with E-state index in [9.17, 15) is 9.59 Å². The van der Waals surface area contributed by atoms with E-state index in [-0.39, 0.29) is 30.8 Å². The Morgan fingerprint density at radius 1 is 1.33 bits per heavy atom. The number of hydrogen-bond acceptors (Lipinski definition) is 2. The zero-order valence-corrected chi connectivity index (χ0v) is 10.3. The number of amides is 1. The SMILES string of the molecule is CC(=O)NC(CC(=O)O)C[N+](C)(C)C.[Cl-]. The van der Waals surface area contributed by atoms with Gasteiger partial charge in [0.15, 0.2) is 0 Å². The van der Waals surface area contributed by atoms with Crippen molar-refractivity contribution in [3.63, 3.8) is 0 Å². The summed E-state index contributed by atoms with van der Waals surface area (Å²) < 4.78 is 0.623. The predicted octanol–water partition coefficient (Wildman–Crippen LogP) is -3.32. The zero-order valence-electron chi connectivity index (χ0n) is 9.58. The first-order chi connectivity index (χ1) is 6.20. The summed E-state index contributed by atoms with van der Waals surface area (Å²) in [7, 11) is 5.87. The van der Waals surface area contributed by atoms with E-state index in [2.05, 4.69) is 5.32 Å². The lowest BCUT2D eigenvalue weighted by atomic mass is 10.2. The van der Waals surface area contributed by atoms with Crippen LogP contribution in [0.5, 0.6) is 0 Å². The van der Waals surface area contributed by atoms with Crippen molar-refractivity contribution in [2.75, 3.05) is 27.7 Å². The predicted molar refractivity (Wildman–Crippen MR) is 52.8 cm³/mol. The first-order valence-corrected chi connectivity index (χ1v) is 4.50. The fourth-order valence-electron chi connectivity index (χ4n) is 1.32. The lowest BCUT2D eigenvalue weighted by Crippen LogP contribution is -3.00. The van der Waals surface area contributed by atoms with Gasteiger partial charge in [-0.25, -0.2) is 0 Å². The van der Waals surface area contributed by atoms with Gasteiger partial charge in [-0.2, -0.15) is 0 Å². The number of aliphatic carboxylic acids is 1. The Balaban J connectivity index is 0. The molecule has 0 fully saturated rings. The standard InChI is InChI=1S/C9H18N2O3.ClH/c1-7(12)10-8(5-9(13)14)6-11(2,3)4;/h8H,5-6H2,1-4H3,(H-,10,12,13,14);1H. The van der Waals surface area contributed by atoms with Crippen LogP contribution in [0.1, 0.15) is 13.3 Å². The number of rotatable bonds is 5. The Hall–Kier alpha value is -0.810. The van der Waals surface area contributed by atoms with Gasteiger partial charge in [0.1, 0.15) is 0 Å². The second kappa shape index (κ2) is 6.63. The number of quaternary nitrogens is 1. The quantitative estimate of drug-likeness (QED) is 0.493. The van der Waals surface area contributed by atoms with E-state index in [0.29, 0.717) is 11.0 Å². The van der Waals surface area contributed by atoms with Crippen LogP contribution in [0.15, 0.2) is 0 Å². The molecule has 0 saturated heterocycles. The molecule has 0 aliphatic rings. The van der Waals surface area contributed by atoms with Crippen LogP contribution in [-0.2, 0) is 9.59 Å². The number of nitrogens with zero attached hydrogens (tertiary/aromatic N) is 1. The first-order valence-electron chi connectivity index (χ1n) is 4.50. The first kappa shape index (κ1) is 16.6. The van der Waals surface area contributed by atoms with Gasteiger partial charge in [0.05, 0.1) is 40.2 Å². The number of carboxylic acid groups (broad SMARTS) is 1. The second-order valence-corrected chi connectivity index (χ2v) is 4.47. The van der Waals surface area contributed by atoms with E-state index in [0.717, 1.165) is 0 Å². The molecule has 0 bridgehead atoms. The number of carboxylic acids is 1. The monoisotopic (exact) mass is 238 g/mol. The number of halogens is 1. The summed E-state index contributed by atoms with van der Waals surface area (Å²) in [5, 5.41) is 11.3. The topological polar surface area (TPSA) is 66.4 Å². The minimum absolute atomic E-state index is 0. The summed E-state index contributed by atoms with van der Waals surface area (Å²) in [5.74, 6) is -1.08. The van der Waals surface area contributed by atoms with Crippen LogP contribution in [0.4, 0.5) is 0 Å². The van der Waals surface area contributed by atoms with Crippen molar-refractivity contribution in [2.45, 2.75) is 19.4 Å². The molecular formula is C9H19ClN2O3. The lowest BCUT2D eigenvalue weighted by molar-refractivity contribution is -0.871. The largest absolute Gasteiger partial charge is 1.00 e. The molecule has 0 heterocycles. The molecule has 0 aliphatic heterocycles. The average Bonchev–Trinajstić information content (AvgIpc) is 1.77. The molecule has 1 amide bonds. The maximum Gasteiger partial charge on any atom is 0.305 e. The van der Waals surface area contributed by atoms with E-state index < -0.39 is 5.97 Å². The fraction of sp³-hybridized carbons (Fsp3) is 0.778. The van der Waals surface area contributed by atoms with Crippen molar-refractivity contribution in [1.82, 2.24) is 5.32 Å². The van der Waals surface area contributed by atoms with Gasteiger partial charge >= 0.3 is 5.97 Å². The minimum atomic E-state index is -0.891. The molecule has 0 spiro atoms. The Bertz CT molecular complexity index is 210. The van der Waals surface area contributed by atoms with Gasteiger partial charge in [-0.05, 0) is 0 Å². The number of carbonyl (C=O) groups is 2. The Labute approximate surface area is 96.4 Å². The van der Waals surface area contributed by atoms with Crippen molar-refractivity contribution >= 4 is 11.9 Å². The molecule has 0 saturated carbocycles. The molecule has 0 aromatic rings. The van der Waals surface area contributed by atoms with E-state index in [1.54, 1.807) is 0 Å². The summed E-state index contributed by atoms with van der Waals surface area (Å²) >= 11 is 0. The molecule has 0 aliphatic carbocycles. The molecule has 6 heteroatoms. The van der Waals surface area contributed by atoms with E-state index in [1.807, 2.05) is 21.1 Å².